The smallest absolute Gasteiger partial charge is 0.303 e. The first-order valence-electron chi connectivity index (χ1n) is 7.50. The summed E-state index contributed by atoms with van der Waals surface area (Å²) in [5, 5.41) is 11.4. The number of benzene rings is 1. The Morgan fingerprint density at radius 1 is 1.26 bits per heavy atom. The molecule has 0 unspecified atom stereocenters. The zero-order valence-electron chi connectivity index (χ0n) is 12.5. The maximum Gasteiger partial charge on any atom is 0.303 e. The Balaban J connectivity index is 1.63. The summed E-state index contributed by atoms with van der Waals surface area (Å²) in [6, 6.07) is 9.70. The minimum atomic E-state index is -0.805. The minimum absolute atomic E-state index is 0.114. The molecule has 0 spiro atoms. The second kappa shape index (κ2) is 6.83. The fourth-order valence-corrected chi connectivity index (χ4v) is 3.62. The SMILES string of the molecule is O=C(O)CCCCNC(=O)c1cc2c(s1)-c1ccccc1OC2. The predicted octanol–water partition coefficient (Wildman–Crippen LogP) is 3.29. The van der Waals surface area contributed by atoms with Crippen LogP contribution in [0.2, 0.25) is 0 Å². The topological polar surface area (TPSA) is 75.6 Å². The van der Waals surface area contributed by atoms with Gasteiger partial charge in [0, 0.05) is 29.0 Å². The normalized spacial score (nSPS) is 12.0. The average molecular weight is 331 g/mol. The van der Waals surface area contributed by atoms with Crippen LogP contribution in [0.25, 0.3) is 10.4 Å². The van der Waals surface area contributed by atoms with Crippen LogP contribution in [0.5, 0.6) is 5.75 Å². The first-order chi connectivity index (χ1) is 11.1. The predicted molar refractivity (Wildman–Crippen MR) is 87.9 cm³/mol. The summed E-state index contributed by atoms with van der Waals surface area (Å²) in [7, 11) is 0. The summed E-state index contributed by atoms with van der Waals surface area (Å²) in [6.45, 7) is 0.969. The lowest BCUT2D eigenvalue weighted by Gasteiger charge is -2.16. The van der Waals surface area contributed by atoms with Crippen LogP contribution in [-0.2, 0) is 11.4 Å². The number of fused-ring (bicyclic) bond motifs is 3. The molecular weight excluding hydrogens is 314 g/mol. The molecule has 0 fully saturated rings. The van der Waals surface area contributed by atoms with Crippen molar-refractivity contribution >= 4 is 23.2 Å². The molecule has 6 heteroatoms. The number of para-hydroxylation sites is 1. The summed E-state index contributed by atoms with van der Waals surface area (Å²) in [6.07, 6.45) is 1.37. The van der Waals surface area contributed by atoms with Gasteiger partial charge in [-0.3, -0.25) is 9.59 Å². The van der Waals surface area contributed by atoms with Crippen LogP contribution >= 0.6 is 11.3 Å². The Kier molecular flexibility index (Phi) is 4.62. The molecule has 1 aromatic heterocycles. The number of nitrogens with one attached hydrogen (secondary N) is 1. The molecule has 120 valence electrons. The summed E-state index contributed by atoms with van der Waals surface area (Å²) in [5.41, 5.74) is 2.06. The van der Waals surface area contributed by atoms with Crippen LogP contribution < -0.4 is 10.1 Å². The van der Waals surface area contributed by atoms with E-state index in [1.165, 1.54) is 11.3 Å². The van der Waals surface area contributed by atoms with E-state index < -0.39 is 5.97 Å². The first kappa shape index (κ1) is 15.6. The number of carbonyl (C=O) groups excluding carboxylic acids is 1. The van der Waals surface area contributed by atoms with E-state index in [9.17, 15) is 9.59 Å². The summed E-state index contributed by atoms with van der Waals surface area (Å²) >= 11 is 1.47. The van der Waals surface area contributed by atoms with Crippen molar-refractivity contribution in [3.8, 4) is 16.2 Å². The third kappa shape index (κ3) is 3.53. The Bertz CT molecular complexity index is 738. The molecule has 1 aromatic carbocycles. The molecule has 1 aliphatic rings. The lowest BCUT2D eigenvalue weighted by atomic mass is 10.1. The van der Waals surface area contributed by atoms with Crippen LogP contribution in [0.1, 0.15) is 34.5 Å². The van der Waals surface area contributed by atoms with E-state index in [-0.39, 0.29) is 12.3 Å². The third-order valence-electron chi connectivity index (χ3n) is 3.65. The number of hydrogen-bond donors (Lipinski definition) is 2. The Morgan fingerprint density at radius 2 is 2.09 bits per heavy atom. The van der Waals surface area contributed by atoms with E-state index in [1.807, 2.05) is 30.3 Å². The third-order valence-corrected chi connectivity index (χ3v) is 4.86. The number of unbranched alkanes of at least 4 members (excludes halogenated alkanes) is 1. The zero-order valence-corrected chi connectivity index (χ0v) is 13.3. The van der Waals surface area contributed by atoms with E-state index in [1.54, 1.807) is 0 Å². The van der Waals surface area contributed by atoms with Gasteiger partial charge >= 0.3 is 5.97 Å². The van der Waals surface area contributed by atoms with E-state index in [2.05, 4.69) is 5.32 Å². The quantitative estimate of drug-likeness (QED) is 0.797. The van der Waals surface area contributed by atoms with Crippen molar-refractivity contribution < 1.29 is 19.4 Å². The molecule has 0 saturated heterocycles. The molecule has 0 aliphatic carbocycles. The molecule has 0 radical (unpaired) electrons. The van der Waals surface area contributed by atoms with Crippen molar-refractivity contribution in [2.24, 2.45) is 0 Å². The lowest BCUT2D eigenvalue weighted by Crippen LogP contribution is -2.23. The molecule has 2 heterocycles. The molecule has 1 amide bonds. The Labute approximate surface area is 137 Å². The monoisotopic (exact) mass is 331 g/mol. The largest absolute Gasteiger partial charge is 0.488 e. The Hall–Kier alpha value is -2.34. The highest BCUT2D eigenvalue weighted by Crippen LogP contribution is 2.42. The van der Waals surface area contributed by atoms with Crippen LogP contribution in [-0.4, -0.2) is 23.5 Å². The number of ether oxygens (including phenoxy) is 1. The van der Waals surface area contributed by atoms with Gasteiger partial charge in [0.15, 0.2) is 0 Å². The maximum atomic E-state index is 12.2. The van der Waals surface area contributed by atoms with Gasteiger partial charge in [0.1, 0.15) is 12.4 Å². The highest BCUT2D eigenvalue weighted by atomic mass is 32.1. The zero-order chi connectivity index (χ0) is 16.2. The van der Waals surface area contributed by atoms with E-state index in [4.69, 9.17) is 9.84 Å². The van der Waals surface area contributed by atoms with Crippen LogP contribution in [0.15, 0.2) is 30.3 Å². The van der Waals surface area contributed by atoms with Crippen LogP contribution in [0.3, 0.4) is 0 Å². The van der Waals surface area contributed by atoms with Crippen molar-refractivity contribution in [1.82, 2.24) is 5.32 Å². The second-order valence-corrected chi connectivity index (χ2v) is 6.41. The molecule has 0 atom stereocenters. The molecule has 23 heavy (non-hydrogen) atoms. The second-order valence-electron chi connectivity index (χ2n) is 5.36. The van der Waals surface area contributed by atoms with Crippen molar-refractivity contribution in [3.63, 3.8) is 0 Å². The fraction of sp³-hybridized carbons (Fsp3) is 0.294. The van der Waals surface area contributed by atoms with Gasteiger partial charge in [-0.15, -0.1) is 11.3 Å². The summed E-state index contributed by atoms with van der Waals surface area (Å²) in [4.78, 5) is 24.4. The highest BCUT2D eigenvalue weighted by molar-refractivity contribution is 7.17. The molecule has 1 aliphatic heterocycles. The minimum Gasteiger partial charge on any atom is -0.488 e. The van der Waals surface area contributed by atoms with Crippen molar-refractivity contribution in [2.45, 2.75) is 25.9 Å². The number of carboxylic acids is 1. The van der Waals surface area contributed by atoms with Crippen molar-refractivity contribution in [3.05, 3.63) is 40.8 Å². The number of carboxylic acid groups (broad SMARTS) is 1. The van der Waals surface area contributed by atoms with E-state index in [0.29, 0.717) is 30.9 Å². The van der Waals surface area contributed by atoms with Crippen LogP contribution in [0, 0.1) is 0 Å². The van der Waals surface area contributed by atoms with Gasteiger partial charge in [-0.2, -0.15) is 0 Å². The maximum absolute atomic E-state index is 12.2. The number of aliphatic carboxylic acids is 1. The van der Waals surface area contributed by atoms with Gasteiger partial charge in [0.2, 0.25) is 0 Å². The van der Waals surface area contributed by atoms with Crippen molar-refractivity contribution in [2.75, 3.05) is 6.54 Å². The van der Waals surface area contributed by atoms with Gasteiger partial charge in [-0.25, -0.2) is 0 Å². The van der Waals surface area contributed by atoms with Crippen molar-refractivity contribution in [1.29, 1.82) is 0 Å². The highest BCUT2D eigenvalue weighted by Gasteiger charge is 2.22. The van der Waals surface area contributed by atoms with Gasteiger partial charge in [0.05, 0.1) is 4.88 Å². The lowest BCUT2D eigenvalue weighted by molar-refractivity contribution is -0.137. The van der Waals surface area contributed by atoms with E-state index in [0.717, 1.165) is 21.8 Å². The van der Waals surface area contributed by atoms with Gasteiger partial charge < -0.3 is 15.2 Å². The number of amides is 1. The van der Waals surface area contributed by atoms with Gasteiger partial charge in [-0.1, -0.05) is 12.1 Å². The molecule has 0 saturated carbocycles. The average Bonchev–Trinajstić information content (AvgIpc) is 2.99. The number of carbonyl (C=O) groups is 2. The fourth-order valence-electron chi connectivity index (χ4n) is 2.50. The standard InChI is InChI=1S/C17H17NO4S/c19-15(20)7-3-4-8-18-17(21)14-9-11-10-22-13-6-2-1-5-12(13)16(11)23-14/h1-2,5-6,9H,3-4,7-8,10H2,(H,18,21)(H,19,20). The molecule has 2 N–H and O–H groups in total. The van der Waals surface area contributed by atoms with Gasteiger partial charge in [-0.05, 0) is 31.0 Å². The molecule has 0 bridgehead atoms. The van der Waals surface area contributed by atoms with E-state index >= 15 is 0 Å². The molecule has 5 nitrogen and oxygen atoms in total. The Morgan fingerprint density at radius 3 is 2.91 bits per heavy atom. The number of rotatable bonds is 6. The summed E-state index contributed by atoms with van der Waals surface area (Å²) < 4.78 is 5.70. The molecule has 3 rings (SSSR count). The number of thiophene rings is 1. The summed E-state index contributed by atoms with van der Waals surface area (Å²) in [5.74, 6) is -0.0689. The van der Waals surface area contributed by atoms with Gasteiger partial charge in [0.25, 0.3) is 5.91 Å². The molecule has 2 aromatic rings. The molecular formula is C17H17NO4S. The number of hydrogen-bond acceptors (Lipinski definition) is 4. The first-order valence-corrected chi connectivity index (χ1v) is 8.31. The van der Waals surface area contributed by atoms with Crippen LogP contribution in [0.4, 0.5) is 0 Å².